The third kappa shape index (κ3) is 4.38. The second kappa shape index (κ2) is 8.14. The van der Waals surface area contributed by atoms with Crippen molar-refractivity contribution in [1.82, 2.24) is 20.2 Å². The van der Waals surface area contributed by atoms with E-state index in [1.54, 1.807) is 17.5 Å². The Morgan fingerprint density at radius 3 is 2.80 bits per heavy atom. The van der Waals surface area contributed by atoms with Crippen LogP contribution in [0, 0.1) is 12.8 Å². The highest BCUT2D eigenvalue weighted by Gasteiger charge is 2.17. The van der Waals surface area contributed by atoms with Crippen LogP contribution in [0.2, 0.25) is 0 Å². The summed E-state index contributed by atoms with van der Waals surface area (Å²) in [5, 5.41) is 0. The van der Waals surface area contributed by atoms with E-state index >= 15 is 0 Å². The SMILES string of the molecule is Cc1nc2ccccn2c1C(=O)NNC(=O)CCCC1CCCCC1. The van der Waals surface area contributed by atoms with Crippen LogP contribution < -0.4 is 10.9 Å². The molecule has 2 aromatic heterocycles. The highest BCUT2D eigenvalue weighted by molar-refractivity contribution is 5.95. The predicted molar refractivity (Wildman–Crippen MR) is 96.0 cm³/mol. The molecule has 6 heteroatoms. The number of hydrogen-bond acceptors (Lipinski definition) is 3. The Morgan fingerprint density at radius 2 is 2.00 bits per heavy atom. The van der Waals surface area contributed by atoms with Gasteiger partial charge in [-0.1, -0.05) is 38.2 Å². The van der Waals surface area contributed by atoms with Gasteiger partial charge in [0.2, 0.25) is 5.91 Å². The van der Waals surface area contributed by atoms with Crippen molar-refractivity contribution in [3.8, 4) is 0 Å². The van der Waals surface area contributed by atoms with Crippen LogP contribution in [-0.4, -0.2) is 21.2 Å². The van der Waals surface area contributed by atoms with Gasteiger partial charge in [-0.2, -0.15) is 0 Å². The first-order valence-electron chi connectivity index (χ1n) is 9.18. The van der Waals surface area contributed by atoms with E-state index in [1.165, 1.54) is 32.1 Å². The normalized spacial score (nSPS) is 15.2. The highest BCUT2D eigenvalue weighted by Crippen LogP contribution is 2.27. The number of amides is 2. The maximum Gasteiger partial charge on any atom is 0.288 e. The number of carbonyl (C=O) groups excluding carboxylic acids is 2. The summed E-state index contributed by atoms with van der Waals surface area (Å²) >= 11 is 0. The van der Waals surface area contributed by atoms with Gasteiger partial charge in [-0.25, -0.2) is 4.98 Å². The summed E-state index contributed by atoms with van der Waals surface area (Å²) in [6, 6.07) is 5.56. The molecule has 2 aromatic rings. The fourth-order valence-corrected chi connectivity index (χ4v) is 3.66. The van der Waals surface area contributed by atoms with Crippen LogP contribution in [0.3, 0.4) is 0 Å². The first kappa shape index (κ1) is 17.5. The van der Waals surface area contributed by atoms with Gasteiger partial charge in [0.05, 0.1) is 5.69 Å². The van der Waals surface area contributed by atoms with E-state index in [-0.39, 0.29) is 11.8 Å². The van der Waals surface area contributed by atoms with Crippen molar-refractivity contribution in [2.45, 2.75) is 58.3 Å². The van der Waals surface area contributed by atoms with Crippen LogP contribution in [0.15, 0.2) is 24.4 Å². The van der Waals surface area contributed by atoms with Crippen LogP contribution in [0.5, 0.6) is 0 Å². The molecule has 1 aliphatic rings. The lowest BCUT2D eigenvalue weighted by atomic mass is 9.86. The van der Waals surface area contributed by atoms with E-state index in [0.717, 1.165) is 18.8 Å². The fraction of sp³-hybridized carbons (Fsp3) is 0.526. The van der Waals surface area contributed by atoms with Gasteiger partial charge in [-0.15, -0.1) is 0 Å². The minimum Gasteiger partial charge on any atom is -0.295 e. The number of hydrazine groups is 1. The lowest BCUT2D eigenvalue weighted by molar-refractivity contribution is -0.122. The van der Waals surface area contributed by atoms with Crippen molar-refractivity contribution in [1.29, 1.82) is 0 Å². The maximum absolute atomic E-state index is 12.4. The van der Waals surface area contributed by atoms with Gasteiger partial charge in [-0.05, 0) is 37.8 Å². The first-order valence-corrected chi connectivity index (χ1v) is 9.18. The Balaban J connectivity index is 1.46. The molecule has 1 fully saturated rings. The molecular weight excluding hydrogens is 316 g/mol. The Labute approximate surface area is 148 Å². The molecule has 0 bridgehead atoms. The van der Waals surface area contributed by atoms with Gasteiger partial charge in [0.25, 0.3) is 5.91 Å². The van der Waals surface area contributed by atoms with Crippen molar-refractivity contribution in [2.75, 3.05) is 0 Å². The monoisotopic (exact) mass is 342 g/mol. The summed E-state index contributed by atoms with van der Waals surface area (Å²) in [4.78, 5) is 28.7. The van der Waals surface area contributed by atoms with E-state index in [9.17, 15) is 9.59 Å². The third-order valence-electron chi connectivity index (χ3n) is 4.98. The second-order valence-electron chi connectivity index (χ2n) is 6.87. The molecule has 0 spiro atoms. The van der Waals surface area contributed by atoms with Crippen molar-refractivity contribution >= 4 is 17.5 Å². The molecule has 0 aliphatic heterocycles. The summed E-state index contributed by atoms with van der Waals surface area (Å²) in [5.41, 5.74) is 6.82. The summed E-state index contributed by atoms with van der Waals surface area (Å²) in [6.07, 6.45) is 10.8. The summed E-state index contributed by atoms with van der Waals surface area (Å²) in [5.74, 6) is 0.282. The Bertz CT molecular complexity index is 747. The van der Waals surface area contributed by atoms with E-state index in [2.05, 4.69) is 15.8 Å². The predicted octanol–water partition coefficient (Wildman–Crippen LogP) is 3.15. The molecule has 0 aromatic carbocycles. The number of pyridine rings is 1. The number of aryl methyl sites for hydroxylation is 1. The number of imidazole rings is 1. The quantitative estimate of drug-likeness (QED) is 0.820. The fourth-order valence-electron chi connectivity index (χ4n) is 3.66. The summed E-state index contributed by atoms with van der Waals surface area (Å²) < 4.78 is 1.72. The molecule has 0 radical (unpaired) electrons. The summed E-state index contributed by atoms with van der Waals surface area (Å²) in [7, 11) is 0. The number of rotatable bonds is 5. The zero-order chi connectivity index (χ0) is 17.6. The van der Waals surface area contributed by atoms with Gasteiger partial charge >= 0.3 is 0 Å². The molecule has 2 amide bonds. The van der Waals surface area contributed by atoms with Crippen LogP contribution >= 0.6 is 0 Å². The van der Waals surface area contributed by atoms with Gasteiger partial charge in [-0.3, -0.25) is 24.8 Å². The van der Waals surface area contributed by atoms with E-state index in [4.69, 9.17) is 0 Å². The van der Waals surface area contributed by atoms with Crippen molar-refractivity contribution in [3.05, 3.63) is 35.8 Å². The number of nitrogens with one attached hydrogen (secondary N) is 2. The number of fused-ring (bicyclic) bond motifs is 1. The maximum atomic E-state index is 12.4. The molecular formula is C19H26N4O2. The highest BCUT2D eigenvalue weighted by atomic mass is 16.2. The van der Waals surface area contributed by atoms with E-state index in [1.807, 2.05) is 18.2 Å². The molecule has 0 unspecified atom stereocenters. The zero-order valence-electron chi connectivity index (χ0n) is 14.8. The van der Waals surface area contributed by atoms with Crippen molar-refractivity contribution in [3.63, 3.8) is 0 Å². The lowest BCUT2D eigenvalue weighted by Crippen LogP contribution is -2.42. The van der Waals surface area contributed by atoms with Gasteiger partial charge in [0.15, 0.2) is 0 Å². The molecule has 2 heterocycles. The Morgan fingerprint density at radius 1 is 1.20 bits per heavy atom. The summed E-state index contributed by atoms with van der Waals surface area (Å²) in [6.45, 7) is 1.79. The molecule has 134 valence electrons. The zero-order valence-corrected chi connectivity index (χ0v) is 14.8. The van der Waals surface area contributed by atoms with E-state index < -0.39 is 0 Å². The van der Waals surface area contributed by atoms with Crippen LogP contribution in [0.25, 0.3) is 5.65 Å². The molecule has 6 nitrogen and oxygen atoms in total. The average molecular weight is 342 g/mol. The minimum atomic E-state index is -0.350. The molecule has 1 aliphatic carbocycles. The van der Waals surface area contributed by atoms with Crippen LogP contribution in [0.4, 0.5) is 0 Å². The van der Waals surface area contributed by atoms with E-state index in [0.29, 0.717) is 23.5 Å². The number of aromatic nitrogens is 2. The van der Waals surface area contributed by atoms with Gasteiger partial charge in [0, 0.05) is 12.6 Å². The van der Waals surface area contributed by atoms with Crippen molar-refractivity contribution < 1.29 is 9.59 Å². The third-order valence-corrected chi connectivity index (χ3v) is 4.98. The molecule has 1 saturated carbocycles. The average Bonchev–Trinajstić information content (AvgIpc) is 2.96. The largest absolute Gasteiger partial charge is 0.295 e. The topological polar surface area (TPSA) is 75.5 Å². The Kier molecular flexibility index (Phi) is 5.68. The molecule has 25 heavy (non-hydrogen) atoms. The van der Waals surface area contributed by atoms with Crippen LogP contribution in [-0.2, 0) is 4.79 Å². The number of nitrogens with zero attached hydrogens (tertiary/aromatic N) is 2. The molecule has 0 saturated heterocycles. The van der Waals surface area contributed by atoms with Gasteiger partial charge in [0.1, 0.15) is 11.3 Å². The minimum absolute atomic E-state index is 0.143. The first-order chi connectivity index (χ1) is 12.1. The molecule has 2 N–H and O–H groups in total. The second-order valence-corrected chi connectivity index (χ2v) is 6.87. The smallest absolute Gasteiger partial charge is 0.288 e. The van der Waals surface area contributed by atoms with Gasteiger partial charge < -0.3 is 0 Å². The Hall–Kier alpha value is -2.37. The molecule has 3 rings (SSSR count). The number of carbonyl (C=O) groups is 2. The van der Waals surface area contributed by atoms with Crippen LogP contribution in [0.1, 0.15) is 67.5 Å². The number of hydrogen-bond donors (Lipinski definition) is 2. The standard InChI is InChI=1S/C19H26N4O2/c1-14-18(23-13-6-5-11-16(23)20-14)19(25)22-21-17(24)12-7-10-15-8-3-2-4-9-15/h5-6,11,13,15H,2-4,7-10,12H2,1H3,(H,21,24)(H,22,25). The lowest BCUT2D eigenvalue weighted by Gasteiger charge is -2.21. The van der Waals surface area contributed by atoms with Crippen molar-refractivity contribution in [2.24, 2.45) is 5.92 Å². The molecule has 0 atom stereocenters.